The molecule has 0 unspecified atom stereocenters. The van der Waals surface area contributed by atoms with Crippen LogP contribution < -0.4 is 10.6 Å². The van der Waals surface area contributed by atoms with Crippen molar-refractivity contribution < 1.29 is 9.53 Å². The van der Waals surface area contributed by atoms with E-state index in [4.69, 9.17) is 4.74 Å². The number of pyridine rings is 1. The first-order chi connectivity index (χ1) is 11.7. The molecule has 2 atom stereocenters. The van der Waals surface area contributed by atoms with Crippen LogP contribution in [0.4, 0.5) is 4.79 Å². The molecule has 2 aromatic rings. The Bertz CT molecular complexity index is 672. The SMILES string of the molecule is C[C@H]1CCCC[C@@H]1OCCNC(=O)NCc1nnc2ccccn12. The predicted molar refractivity (Wildman–Crippen MR) is 90.6 cm³/mol. The first-order valence-corrected chi connectivity index (χ1v) is 8.66. The monoisotopic (exact) mass is 331 g/mol. The fraction of sp³-hybridized carbons (Fsp3) is 0.588. The molecule has 2 heterocycles. The largest absolute Gasteiger partial charge is 0.376 e. The highest BCUT2D eigenvalue weighted by Crippen LogP contribution is 2.25. The summed E-state index contributed by atoms with van der Waals surface area (Å²) in [5.41, 5.74) is 0.768. The Hall–Kier alpha value is -2.15. The molecule has 0 aliphatic heterocycles. The third-order valence-corrected chi connectivity index (χ3v) is 4.54. The Balaban J connectivity index is 1.35. The van der Waals surface area contributed by atoms with E-state index < -0.39 is 0 Å². The summed E-state index contributed by atoms with van der Waals surface area (Å²) in [7, 11) is 0. The molecule has 2 amide bonds. The summed E-state index contributed by atoms with van der Waals surface area (Å²) in [5.74, 6) is 1.32. The van der Waals surface area contributed by atoms with E-state index in [0.29, 0.717) is 37.5 Å². The molecule has 0 spiro atoms. The van der Waals surface area contributed by atoms with Gasteiger partial charge in [-0.3, -0.25) is 4.40 Å². The highest BCUT2D eigenvalue weighted by atomic mass is 16.5. The molecule has 7 heteroatoms. The molecule has 0 radical (unpaired) electrons. The minimum absolute atomic E-state index is 0.219. The summed E-state index contributed by atoms with van der Waals surface area (Å²) in [5, 5.41) is 13.7. The summed E-state index contributed by atoms with van der Waals surface area (Å²) in [6, 6.07) is 5.47. The van der Waals surface area contributed by atoms with E-state index in [-0.39, 0.29) is 6.03 Å². The van der Waals surface area contributed by atoms with Gasteiger partial charge in [-0.1, -0.05) is 25.8 Å². The highest BCUT2D eigenvalue weighted by molar-refractivity contribution is 5.73. The van der Waals surface area contributed by atoms with Crippen LogP contribution in [-0.2, 0) is 11.3 Å². The number of nitrogens with one attached hydrogen (secondary N) is 2. The molecule has 1 saturated carbocycles. The van der Waals surface area contributed by atoms with Gasteiger partial charge in [0.25, 0.3) is 0 Å². The fourth-order valence-corrected chi connectivity index (χ4v) is 3.14. The van der Waals surface area contributed by atoms with Crippen LogP contribution >= 0.6 is 0 Å². The first kappa shape index (κ1) is 16.7. The number of hydrogen-bond donors (Lipinski definition) is 2. The Kier molecular flexibility index (Phi) is 5.63. The number of fused-ring (bicyclic) bond motifs is 1. The number of carbonyl (C=O) groups excluding carboxylic acids is 1. The standard InChI is InChI=1S/C17H25N5O2/c1-13-6-2-3-7-14(13)24-11-9-18-17(23)19-12-16-21-20-15-8-4-5-10-22(15)16/h4-5,8,10,13-14H,2-3,6-7,9,11-12H2,1H3,(H2,18,19,23)/t13-,14-/m0/s1. The maximum atomic E-state index is 11.9. The van der Waals surface area contributed by atoms with Crippen LogP contribution in [0.15, 0.2) is 24.4 Å². The lowest BCUT2D eigenvalue weighted by Gasteiger charge is -2.28. The van der Waals surface area contributed by atoms with E-state index in [2.05, 4.69) is 27.8 Å². The van der Waals surface area contributed by atoms with Gasteiger partial charge in [0.05, 0.1) is 19.3 Å². The summed E-state index contributed by atoms with van der Waals surface area (Å²) in [6.07, 6.45) is 7.14. The number of carbonyl (C=O) groups is 1. The van der Waals surface area contributed by atoms with Crippen molar-refractivity contribution >= 4 is 11.7 Å². The maximum absolute atomic E-state index is 11.9. The average Bonchev–Trinajstić information content (AvgIpc) is 3.01. The summed E-state index contributed by atoms with van der Waals surface area (Å²) in [6.45, 7) is 3.64. The van der Waals surface area contributed by atoms with E-state index in [1.807, 2.05) is 28.8 Å². The van der Waals surface area contributed by atoms with E-state index in [1.54, 1.807) is 0 Å². The van der Waals surface area contributed by atoms with Crippen LogP contribution in [0.1, 0.15) is 38.4 Å². The molecule has 130 valence electrons. The zero-order valence-corrected chi connectivity index (χ0v) is 14.1. The molecule has 2 N–H and O–H groups in total. The van der Waals surface area contributed by atoms with Crippen molar-refractivity contribution in [3.63, 3.8) is 0 Å². The van der Waals surface area contributed by atoms with Crippen LogP contribution in [-0.4, -0.2) is 39.9 Å². The third kappa shape index (κ3) is 4.23. The Morgan fingerprint density at radius 3 is 3.04 bits per heavy atom. The molecule has 0 saturated heterocycles. The number of nitrogens with zero attached hydrogens (tertiary/aromatic N) is 3. The van der Waals surface area contributed by atoms with Crippen LogP contribution in [0.5, 0.6) is 0 Å². The van der Waals surface area contributed by atoms with Crippen molar-refractivity contribution in [1.29, 1.82) is 0 Å². The van der Waals surface area contributed by atoms with Crippen LogP contribution in [0.2, 0.25) is 0 Å². The minimum atomic E-state index is -0.219. The zero-order valence-electron chi connectivity index (χ0n) is 14.1. The Labute approximate surface area is 141 Å². The van der Waals surface area contributed by atoms with Gasteiger partial charge in [-0.05, 0) is 30.9 Å². The molecule has 1 aliphatic carbocycles. The number of aromatic nitrogens is 3. The lowest BCUT2D eigenvalue weighted by molar-refractivity contribution is -0.00243. The van der Waals surface area contributed by atoms with E-state index in [1.165, 1.54) is 19.3 Å². The van der Waals surface area contributed by atoms with Gasteiger partial charge < -0.3 is 15.4 Å². The normalized spacial score (nSPS) is 20.9. The van der Waals surface area contributed by atoms with Crippen molar-refractivity contribution in [3.8, 4) is 0 Å². The molecule has 3 rings (SSSR count). The molecule has 2 aromatic heterocycles. The molecular formula is C17H25N5O2. The van der Waals surface area contributed by atoms with Crippen LogP contribution in [0.3, 0.4) is 0 Å². The smallest absolute Gasteiger partial charge is 0.315 e. The number of rotatable bonds is 6. The molecule has 1 fully saturated rings. The average molecular weight is 331 g/mol. The van der Waals surface area contributed by atoms with Crippen LogP contribution in [0, 0.1) is 5.92 Å². The van der Waals surface area contributed by atoms with E-state index in [9.17, 15) is 4.79 Å². The van der Waals surface area contributed by atoms with Gasteiger partial charge >= 0.3 is 6.03 Å². The minimum Gasteiger partial charge on any atom is -0.376 e. The van der Waals surface area contributed by atoms with Gasteiger partial charge in [0.2, 0.25) is 0 Å². The zero-order chi connectivity index (χ0) is 16.8. The van der Waals surface area contributed by atoms with E-state index in [0.717, 1.165) is 12.1 Å². The fourth-order valence-electron chi connectivity index (χ4n) is 3.14. The summed E-state index contributed by atoms with van der Waals surface area (Å²) < 4.78 is 7.74. The molecular weight excluding hydrogens is 306 g/mol. The molecule has 24 heavy (non-hydrogen) atoms. The van der Waals surface area contributed by atoms with Gasteiger partial charge in [-0.2, -0.15) is 0 Å². The number of ether oxygens (including phenoxy) is 1. The maximum Gasteiger partial charge on any atom is 0.315 e. The predicted octanol–water partition coefficient (Wildman–Crippen LogP) is 2.12. The summed E-state index contributed by atoms with van der Waals surface area (Å²) >= 11 is 0. The van der Waals surface area contributed by atoms with Crippen molar-refractivity contribution in [3.05, 3.63) is 30.2 Å². The number of hydrogen-bond acceptors (Lipinski definition) is 4. The van der Waals surface area contributed by atoms with E-state index >= 15 is 0 Å². The van der Waals surface area contributed by atoms with Gasteiger partial charge in [-0.15, -0.1) is 10.2 Å². The first-order valence-electron chi connectivity index (χ1n) is 8.66. The van der Waals surface area contributed by atoms with Gasteiger partial charge in [0.15, 0.2) is 11.5 Å². The molecule has 0 aromatic carbocycles. The second-order valence-corrected chi connectivity index (χ2v) is 6.33. The topological polar surface area (TPSA) is 80.5 Å². The second kappa shape index (κ2) is 8.10. The summed E-state index contributed by atoms with van der Waals surface area (Å²) in [4.78, 5) is 11.9. The van der Waals surface area contributed by atoms with Gasteiger partial charge in [0.1, 0.15) is 0 Å². The quantitative estimate of drug-likeness (QED) is 0.795. The highest BCUT2D eigenvalue weighted by Gasteiger charge is 2.21. The van der Waals surface area contributed by atoms with Crippen LogP contribution in [0.25, 0.3) is 5.65 Å². The van der Waals surface area contributed by atoms with Gasteiger partial charge in [0, 0.05) is 12.7 Å². The molecule has 7 nitrogen and oxygen atoms in total. The molecule has 1 aliphatic rings. The Morgan fingerprint density at radius 2 is 2.17 bits per heavy atom. The lowest BCUT2D eigenvalue weighted by atomic mass is 9.88. The lowest BCUT2D eigenvalue weighted by Crippen LogP contribution is -2.38. The van der Waals surface area contributed by atoms with Crippen molar-refractivity contribution in [1.82, 2.24) is 25.2 Å². The Morgan fingerprint density at radius 1 is 1.29 bits per heavy atom. The van der Waals surface area contributed by atoms with Crippen molar-refractivity contribution in [2.75, 3.05) is 13.2 Å². The van der Waals surface area contributed by atoms with Gasteiger partial charge in [-0.25, -0.2) is 4.79 Å². The third-order valence-electron chi connectivity index (χ3n) is 4.54. The number of urea groups is 1. The second-order valence-electron chi connectivity index (χ2n) is 6.33. The van der Waals surface area contributed by atoms with Crippen molar-refractivity contribution in [2.45, 2.75) is 45.3 Å². The molecule has 0 bridgehead atoms. The van der Waals surface area contributed by atoms with Crippen molar-refractivity contribution in [2.24, 2.45) is 5.92 Å². The number of amides is 2.